The topological polar surface area (TPSA) is 93.0 Å². The van der Waals surface area contributed by atoms with Gasteiger partial charge in [0.2, 0.25) is 0 Å². The van der Waals surface area contributed by atoms with Gasteiger partial charge in [-0.25, -0.2) is 14.8 Å². The number of amidine groups is 1. The quantitative estimate of drug-likeness (QED) is 0.725. The number of ether oxygens (including phenoxy) is 1. The van der Waals surface area contributed by atoms with Crippen LogP contribution in [0.25, 0.3) is 0 Å². The number of carbonyl (C=O) groups is 2. The van der Waals surface area contributed by atoms with Crippen molar-refractivity contribution in [3.63, 3.8) is 0 Å². The van der Waals surface area contributed by atoms with Crippen LogP contribution in [0.3, 0.4) is 0 Å². The number of nitrogens with zero attached hydrogens (tertiary/aromatic N) is 4. The van der Waals surface area contributed by atoms with E-state index in [0.717, 1.165) is 11.5 Å². The molecule has 2 aliphatic rings. The van der Waals surface area contributed by atoms with Gasteiger partial charge in [-0.2, -0.15) is 0 Å². The van der Waals surface area contributed by atoms with Gasteiger partial charge in [0.25, 0.3) is 0 Å². The van der Waals surface area contributed by atoms with Crippen LogP contribution in [-0.4, -0.2) is 60.8 Å². The normalized spacial score (nSPS) is 25.8. The van der Waals surface area contributed by atoms with Gasteiger partial charge in [0.05, 0.1) is 14.2 Å². The van der Waals surface area contributed by atoms with E-state index in [9.17, 15) is 9.59 Å². The molecule has 3 amide bonds. The van der Waals surface area contributed by atoms with Crippen LogP contribution >= 0.6 is 0 Å². The predicted molar refractivity (Wildman–Crippen MR) is 67.6 cm³/mol. The molecule has 2 heterocycles. The maximum atomic E-state index is 12.2. The first-order valence-corrected chi connectivity index (χ1v) is 6.05. The average molecular weight is 284 g/mol. The van der Waals surface area contributed by atoms with Crippen LogP contribution in [0.15, 0.2) is 9.98 Å². The zero-order chi connectivity index (χ0) is 14.9. The Bertz CT molecular complexity index is 503. The lowest BCUT2D eigenvalue weighted by Gasteiger charge is -2.40. The third kappa shape index (κ3) is 1.82. The Morgan fingerprint density at radius 1 is 1.20 bits per heavy atom. The van der Waals surface area contributed by atoms with Gasteiger partial charge in [0.15, 0.2) is 5.71 Å². The molecule has 9 heteroatoms. The number of hydrogen-bond donors (Lipinski definition) is 0. The van der Waals surface area contributed by atoms with Gasteiger partial charge in [-0.3, -0.25) is 14.5 Å². The summed E-state index contributed by atoms with van der Waals surface area (Å²) in [6, 6.07) is -0.831. The molecule has 0 spiro atoms. The van der Waals surface area contributed by atoms with E-state index in [4.69, 9.17) is 14.4 Å². The zero-order valence-electron chi connectivity index (χ0n) is 11.7. The minimum Gasteiger partial charge on any atom is -0.333 e. The number of carbonyl (C=O) groups excluding carboxylic acids is 2. The summed E-state index contributed by atoms with van der Waals surface area (Å²) in [5.74, 6) is -1.98. The number of imide groups is 1. The first kappa shape index (κ1) is 14.6. The molecule has 1 atom stereocenters. The summed E-state index contributed by atoms with van der Waals surface area (Å²) in [6.07, 6.45) is 1.35. The van der Waals surface area contributed by atoms with E-state index in [2.05, 4.69) is 9.98 Å². The lowest BCUT2D eigenvalue weighted by Crippen LogP contribution is -2.68. The van der Waals surface area contributed by atoms with Crippen molar-refractivity contribution in [3.05, 3.63) is 0 Å². The van der Waals surface area contributed by atoms with Crippen molar-refractivity contribution in [2.75, 3.05) is 21.3 Å². The Morgan fingerprint density at radius 3 is 2.40 bits per heavy atom. The summed E-state index contributed by atoms with van der Waals surface area (Å²) in [7, 11) is 3.79. The lowest BCUT2D eigenvalue weighted by atomic mass is 10.2. The maximum absolute atomic E-state index is 12.2. The number of urea groups is 1. The summed E-state index contributed by atoms with van der Waals surface area (Å²) in [5.41, 5.74) is -0.0632. The second-order valence-electron chi connectivity index (χ2n) is 4.09. The second-order valence-corrected chi connectivity index (χ2v) is 4.09. The fourth-order valence-corrected chi connectivity index (χ4v) is 2.10. The van der Waals surface area contributed by atoms with E-state index >= 15 is 0 Å². The molecule has 2 rings (SSSR count). The van der Waals surface area contributed by atoms with Crippen molar-refractivity contribution in [1.29, 1.82) is 0 Å². The van der Waals surface area contributed by atoms with Gasteiger partial charge in [-0.1, -0.05) is 6.92 Å². The molecule has 0 aliphatic carbocycles. The summed E-state index contributed by atoms with van der Waals surface area (Å²) >= 11 is 0. The highest BCUT2D eigenvalue weighted by molar-refractivity contribution is 6.47. The van der Waals surface area contributed by atoms with E-state index in [1.54, 1.807) is 0 Å². The standard InChI is InChI=1S/C11H16N4O5/c1-5-6-7-12-8-9(16)14(19-3)10(17)15(20-4)11(8,13-7)18-2/h5-6H2,1-4H3. The van der Waals surface area contributed by atoms with Crippen LogP contribution in [0.1, 0.15) is 19.8 Å². The molecule has 0 aromatic carbocycles. The SMILES string of the molecule is CCCC1=NC2(OC)C(=N1)C(=O)N(OC)C(=O)N2OC. The second kappa shape index (κ2) is 5.27. The lowest BCUT2D eigenvalue weighted by molar-refractivity contribution is -0.246. The van der Waals surface area contributed by atoms with Gasteiger partial charge in [0.1, 0.15) is 5.84 Å². The minimum atomic E-state index is -1.68. The maximum Gasteiger partial charge on any atom is 0.380 e. The Balaban J connectivity index is 2.53. The van der Waals surface area contributed by atoms with Gasteiger partial charge >= 0.3 is 17.8 Å². The number of fused-ring (bicyclic) bond motifs is 1. The largest absolute Gasteiger partial charge is 0.380 e. The van der Waals surface area contributed by atoms with E-state index in [1.807, 2.05) is 6.92 Å². The molecule has 1 saturated heterocycles. The molecule has 0 saturated carbocycles. The molecular weight excluding hydrogens is 268 g/mol. The summed E-state index contributed by atoms with van der Waals surface area (Å²) in [5, 5.41) is 1.36. The highest BCUT2D eigenvalue weighted by Crippen LogP contribution is 2.33. The van der Waals surface area contributed by atoms with Crippen LogP contribution in [-0.2, 0) is 19.2 Å². The molecule has 110 valence electrons. The third-order valence-electron chi connectivity index (χ3n) is 2.96. The predicted octanol–water partition coefficient (Wildman–Crippen LogP) is 0.327. The van der Waals surface area contributed by atoms with Crippen LogP contribution in [0.5, 0.6) is 0 Å². The number of amides is 3. The van der Waals surface area contributed by atoms with E-state index in [-0.39, 0.29) is 5.71 Å². The Labute approximate surface area is 115 Å². The average Bonchev–Trinajstić information content (AvgIpc) is 2.80. The molecule has 1 fully saturated rings. The first-order chi connectivity index (χ1) is 9.55. The highest BCUT2D eigenvalue weighted by atomic mass is 16.8. The van der Waals surface area contributed by atoms with Crippen molar-refractivity contribution in [2.24, 2.45) is 9.98 Å². The van der Waals surface area contributed by atoms with Crippen LogP contribution in [0.2, 0.25) is 0 Å². The molecule has 0 bridgehead atoms. The van der Waals surface area contributed by atoms with Crippen LogP contribution < -0.4 is 0 Å². The number of aliphatic imine (C=N–C) groups is 2. The van der Waals surface area contributed by atoms with Crippen molar-refractivity contribution in [2.45, 2.75) is 25.6 Å². The molecule has 0 aromatic rings. The molecule has 2 aliphatic heterocycles. The minimum absolute atomic E-state index is 0.0632. The number of rotatable bonds is 5. The van der Waals surface area contributed by atoms with Gasteiger partial charge < -0.3 is 4.74 Å². The summed E-state index contributed by atoms with van der Waals surface area (Å²) in [6.45, 7) is 1.95. The molecule has 20 heavy (non-hydrogen) atoms. The van der Waals surface area contributed by atoms with E-state index in [1.165, 1.54) is 21.3 Å². The van der Waals surface area contributed by atoms with E-state index < -0.39 is 17.8 Å². The van der Waals surface area contributed by atoms with Gasteiger partial charge in [0, 0.05) is 13.5 Å². The smallest absolute Gasteiger partial charge is 0.333 e. The summed E-state index contributed by atoms with van der Waals surface area (Å²) < 4.78 is 5.28. The Kier molecular flexibility index (Phi) is 3.84. The number of hydroxylamine groups is 4. The molecule has 1 unspecified atom stereocenters. The Hall–Kier alpha value is -1.84. The van der Waals surface area contributed by atoms with Gasteiger partial charge in [-0.15, -0.1) is 10.1 Å². The van der Waals surface area contributed by atoms with Gasteiger partial charge in [-0.05, 0) is 6.42 Å². The molecule has 0 radical (unpaired) electrons. The van der Waals surface area contributed by atoms with E-state index in [0.29, 0.717) is 17.3 Å². The summed E-state index contributed by atoms with van der Waals surface area (Å²) in [4.78, 5) is 42.6. The van der Waals surface area contributed by atoms with Crippen molar-refractivity contribution < 1.29 is 24.0 Å². The van der Waals surface area contributed by atoms with Crippen molar-refractivity contribution in [1.82, 2.24) is 10.1 Å². The van der Waals surface area contributed by atoms with Crippen LogP contribution in [0, 0.1) is 0 Å². The third-order valence-corrected chi connectivity index (χ3v) is 2.96. The number of hydrogen-bond acceptors (Lipinski definition) is 7. The zero-order valence-corrected chi connectivity index (χ0v) is 11.7. The molecular formula is C11H16N4O5. The Morgan fingerprint density at radius 2 is 1.90 bits per heavy atom. The highest BCUT2D eigenvalue weighted by Gasteiger charge is 2.60. The van der Waals surface area contributed by atoms with Crippen molar-refractivity contribution >= 4 is 23.5 Å². The van der Waals surface area contributed by atoms with Crippen LogP contribution in [0.4, 0.5) is 4.79 Å². The molecule has 0 N–H and O–H groups in total. The molecule has 9 nitrogen and oxygen atoms in total. The monoisotopic (exact) mass is 284 g/mol. The fourth-order valence-electron chi connectivity index (χ4n) is 2.10. The number of methoxy groups -OCH3 is 1. The molecule has 0 aromatic heterocycles. The fraction of sp³-hybridized carbons (Fsp3) is 0.636. The first-order valence-electron chi connectivity index (χ1n) is 6.05. The van der Waals surface area contributed by atoms with Crippen molar-refractivity contribution in [3.8, 4) is 0 Å².